The second-order valence-electron chi connectivity index (χ2n) is 21.9. The van der Waals surface area contributed by atoms with Gasteiger partial charge in [0.15, 0.2) is 0 Å². The predicted octanol–water partition coefficient (Wildman–Crippen LogP) is 4.95. The number of morpholine rings is 1. The number of pyridine rings is 1. The number of amides is 2. The molecule has 5 aliphatic heterocycles. The lowest BCUT2D eigenvalue weighted by atomic mass is 9.67. The largest absolute Gasteiger partial charge is 0.468 e. The Morgan fingerprint density at radius 1 is 1.01 bits per heavy atom. The van der Waals surface area contributed by atoms with E-state index in [9.17, 15) is 14.7 Å². The van der Waals surface area contributed by atoms with E-state index in [0.717, 1.165) is 76.6 Å². The van der Waals surface area contributed by atoms with E-state index in [1.54, 1.807) is 7.11 Å². The van der Waals surface area contributed by atoms with Crippen LogP contribution >= 0.6 is 11.3 Å². The van der Waals surface area contributed by atoms with Crippen LogP contribution in [0.4, 0.5) is 0 Å². The summed E-state index contributed by atoms with van der Waals surface area (Å²) in [5.74, 6) is -1.07. The van der Waals surface area contributed by atoms with Crippen LogP contribution in [0.25, 0.3) is 33.4 Å². The fourth-order valence-electron chi connectivity index (χ4n) is 12.2. The minimum absolute atomic E-state index is 0.00918. The van der Waals surface area contributed by atoms with Crippen LogP contribution in [0.15, 0.2) is 35.8 Å². The van der Waals surface area contributed by atoms with Crippen LogP contribution in [0.2, 0.25) is 0 Å². The second kappa shape index (κ2) is 21.3. The maximum atomic E-state index is 15.0. The van der Waals surface area contributed by atoms with Crippen LogP contribution < -0.4 is 10.7 Å². The number of nitrogens with zero attached hydrogens (tertiary/aromatic N) is 6. The third-order valence-electron chi connectivity index (χ3n) is 16.6. The molecule has 0 bridgehead atoms. The first-order valence-corrected chi connectivity index (χ1v) is 27.4. The zero-order valence-electron chi connectivity index (χ0n) is 42.9. The lowest BCUT2D eigenvalue weighted by molar-refractivity contribution is -0.162. The number of rotatable bonds is 17. The summed E-state index contributed by atoms with van der Waals surface area (Å²) in [5.41, 5.74) is 10.5. The van der Waals surface area contributed by atoms with Gasteiger partial charge in [0.2, 0.25) is 5.91 Å². The number of nitrogens with one attached hydrogen (secondary N) is 2. The molecule has 73 heavy (non-hydrogen) atoms. The average Bonchev–Trinajstić information content (AvgIpc) is 4.02. The number of aliphatic hydroxyl groups is 1. The van der Waals surface area contributed by atoms with Crippen molar-refractivity contribution in [2.75, 3.05) is 93.2 Å². The van der Waals surface area contributed by atoms with Crippen molar-refractivity contribution in [1.29, 1.82) is 0 Å². The van der Waals surface area contributed by atoms with Gasteiger partial charge in [-0.15, -0.1) is 11.3 Å². The van der Waals surface area contributed by atoms with Gasteiger partial charge in [-0.2, -0.15) is 0 Å². The first-order valence-electron chi connectivity index (χ1n) is 26.5. The fourth-order valence-corrected chi connectivity index (χ4v) is 13.2. The molecule has 7 aliphatic rings. The number of methoxy groups -OCH3 is 2. The van der Waals surface area contributed by atoms with E-state index in [2.05, 4.69) is 69.4 Å². The molecule has 394 valence electrons. The smallest absolute Gasteiger partial charge is 0.324 e. The Balaban J connectivity index is 1.01. The topological polar surface area (TPSA) is 191 Å². The zero-order valence-corrected chi connectivity index (χ0v) is 43.7. The molecule has 1 aromatic carbocycles. The van der Waals surface area contributed by atoms with E-state index in [1.807, 2.05) is 12.3 Å². The standard InChI is InChI=1S/C54H72N8O10S/c1-31-28-72-48(31)50(64)57-45(52(65)62-14-6-7-39(58-62)53(66)68-5)47(59-15-20-70-21-16-59)51-56-40(29-73-51)32-8-11-41-37(23-32)42-43(54(2,3)30-63)49(67-4)44-38(24-33(25-55-44)34-26-60(27-34)35-9-10-35)46(42)61(41)17-22-71-36-12-18-69-19-13-36/h8,11,23-25,29,31,34-36,39,43,45,47-49,58,63H,6-7,9-10,12-22,26-28,30H2,1-5H3,(H,57,64)/t31-,39-,43?,45?,47-,48+,49-/m0/s1. The Labute approximate surface area is 431 Å². The number of fused-ring (bicyclic) bond motifs is 5. The highest BCUT2D eigenvalue weighted by molar-refractivity contribution is 7.10. The molecule has 0 radical (unpaired) electrons. The summed E-state index contributed by atoms with van der Waals surface area (Å²) in [6, 6.07) is 7.15. The first kappa shape index (κ1) is 50.7. The van der Waals surface area contributed by atoms with Crippen molar-refractivity contribution in [3.63, 3.8) is 0 Å². The van der Waals surface area contributed by atoms with Gasteiger partial charge >= 0.3 is 5.97 Å². The molecule has 3 aromatic heterocycles. The molecule has 8 heterocycles. The minimum atomic E-state index is -1.08. The van der Waals surface area contributed by atoms with E-state index >= 15 is 4.79 Å². The summed E-state index contributed by atoms with van der Waals surface area (Å²) in [6.07, 6.45) is 6.48. The number of hydrogen-bond acceptors (Lipinski definition) is 16. The number of ether oxygens (including phenoxy) is 6. The van der Waals surface area contributed by atoms with E-state index in [4.69, 9.17) is 38.4 Å². The number of carbonyl (C=O) groups is 3. The van der Waals surface area contributed by atoms with Crippen LogP contribution in [0.5, 0.6) is 0 Å². The lowest BCUT2D eigenvalue weighted by Gasteiger charge is -2.43. The summed E-state index contributed by atoms with van der Waals surface area (Å²) < 4.78 is 37.8. The molecule has 18 nitrogen and oxygen atoms in total. The SMILES string of the molecule is COC(=O)[C@@H]1CCCN(C(=O)C(NC(=O)[C@@H]2OC[C@@H]2C)[C@@H](c2nc(-c3ccc4c(c3)c3c(n4CCOC4CCOCC4)-c4cc(C5CN(C6CC6)C5)cnc4[C@@H](OC)C3C(C)(C)CO)cs2)N2CCOCC2)N1. The van der Waals surface area contributed by atoms with Crippen molar-refractivity contribution in [3.8, 4) is 22.5 Å². The van der Waals surface area contributed by atoms with Gasteiger partial charge in [0.1, 0.15) is 29.3 Å². The van der Waals surface area contributed by atoms with Gasteiger partial charge < -0.3 is 43.4 Å². The maximum Gasteiger partial charge on any atom is 0.324 e. The predicted molar refractivity (Wildman–Crippen MR) is 273 cm³/mol. The Bertz CT molecular complexity index is 2660. The van der Waals surface area contributed by atoms with Gasteiger partial charge in [-0.25, -0.2) is 10.4 Å². The number of thiazole rings is 1. The van der Waals surface area contributed by atoms with Crippen LogP contribution in [0.3, 0.4) is 0 Å². The minimum Gasteiger partial charge on any atom is -0.468 e. The monoisotopic (exact) mass is 1020 g/mol. The van der Waals surface area contributed by atoms with Crippen LogP contribution in [0.1, 0.15) is 105 Å². The van der Waals surface area contributed by atoms with E-state index in [1.165, 1.54) is 41.9 Å². The van der Waals surface area contributed by atoms with E-state index in [0.29, 0.717) is 89.6 Å². The quantitative estimate of drug-likeness (QED) is 0.120. The normalized spacial score (nSPS) is 26.1. The van der Waals surface area contributed by atoms with Crippen molar-refractivity contribution < 1.29 is 47.9 Å². The number of likely N-dealkylation sites (tertiary alicyclic amines) is 1. The highest BCUT2D eigenvalue weighted by Gasteiger charge is 2.48. The van der Waals surface area contributed by atoms with Crippen LogP contribution in [-0.4, -0.2) is 176 Å². The van der Waals surface area contributed by atoms with Gasteiger partial charge in [-0.05, 0) is 73.3 Å². The molecule has 6 fully saturated rings. The fraction of sp³-hybridized carbons (Fsp3) is 0.648. The summed E-state index contributed by atoms with van der Waals surface area (Å²) in [7, 11) is 3.09. The van der Waals surface area contributed by atoms with Crippen LogP contribution in [-0.2, 0) is 49.3 Å². The highest BCUT2D eigenvalue weighted by Crippen LogP contribution is 2.57. The molecule has 4 aromatic rings. The number of carbonyl (C=O) groups excluding carboxylic acids is 3. The zero-order chi connectivity index (χ0) is 50.5. The Hall–Kier alpha value is -4.41. The molecule has 7 atom stereocenters. The van der Waals surface area contributed by atoms with Gasteiger partial charge in [0, 0.05) is 124 Å². The summed E-state index contributed by atoms with van der Waals surface area (Å²) in [6.45, 7) is 13.4. The number of aliphatic hydroxyl groups excluding tert-OH is 1. The summed E-state index contributed by atoms with van der Waals surface area (Å²) in [4.78, 5) is 57.2. The Morgan fingerprint density at radius 3 is 2.49 bits per heavy atom. The van der Waals surface area contributed by atoms with Gasteiger partial charge in [0.25, 0.3) is 5.91 Å². The molecular formula is C54H72N8O10S. The number of hydrazine groups is 1. The van der Waals surface area contributed by atoms with E-state index < -0.39 is 41.7 Å². The summed E-state index contributed by atoms with van der Waals surface area (Å²) >= 11 is 1.45. The van der Waals surface area contributed by atoms with Gasteiger partial charge in [-0.3, -0.25) is 34.2 Å². The highest BCUT2D eigenvalue weighted by atomic mass is 32.1. The second-order valence-corrected chi connectivity index (χ2v) is 22.8. The molecule has 2 aliphatic carbocycles. The molecule has 0 spiro atoms. The Kier molecular flexibility index (Phi) is 14.8. The number of esters is 1. The van der Waals surface area contributed by atoms with Crippen molar-refractivity contribution in [2.24, 2.45) is 11.3 Å². The molecular weight excluding hydrogens is 953 g/mol. The first-order chi connectivity index (χ1) is 35.5. The molecule has 3 N–H and O–H groups in total. The van der Waals surface area contributed by atoms with E-state index in [-0.39, 0.29) is 36.4 Å². The molecule has 1 saturated carbocycles. The van der Waals surface area contributed by atoms with Crippen molar-refractivity contribution in [2.45, 2.75) is 120 Å². The number of hydrogen-bond donors (Lipinski definition) is 3. The maximum absolute atomic E-state index is 15.0. The molecule has 5 saturated heterocycles. The molecule has 2 amide bonds. The average molecular weight is 1030 g/mol. The van der Waals surface area contributed by atoms with Crippen molar-refractivity contribution in [3.05, 3.63) is 57.7 Å². The van der Waals surface area contributed by atoms with Crippen molar-refractivity contribution >= 4 is 40.0 Å². The number of aromatic nitrogens is 3. The van der Waals surface area contributed by atoms with Gasteiger partial charge in [0.05, 0.1) is 62.8 Å². The third kappa shape index (κ3) is 9.88. The van der Waals surface area contributed by atoms with Crippen molar-refractivity contribution in [1.82, 2.24) is 40.1 Å². The van der Waals surface area contributed by atoms with Gasteiger partial charge in [-0.1, -0.05) is 26.8 Å². The molecule has 19 heteroatoms. The molecule has 2 unspecified atom stereocenters. The van der Waals surface area contributed by atoms with Crippen LogP contribution in [0, 0.1) is 11.3 Å². The summed E-state index contributed by atoms with van der Waals surface area (Å²) in [5, 5.41) is 19.6. The molecule has 11 rings (SSSR count). The third-order valence-corrected chi connectivity index (χ3v) is 17.5. The Morgan fingerprint density at radius 2 is 1.79 bits per heavy atom. The lowest BCUT2D eigenvalue weighted by Crippen LogP contribution is -2.64. The number of benzene rings is 1.